The molecule has 2 aromatic rings. The molecular weight excluding hydrogens is 218 g/mol. The smallest absolute Gasteiger partial charge is 0.154 e. The lowest BCUT2D eigenvalue weighted by Crippen LogP contribution is -2.15. The number of hydrogen-bond donors (Lipinski definition) is 1. The van der Waals surface area contributed by atoms with Gasteiger partial charge in [0.05, 0.1) is 12.2 Å². The van der Waals surface area contributed by atoms with Gasteiger partial charge in [-0.2, -0.15) is 0 Å². The van der Waals surface area contributed by atoms with Crippen LogP contribution in [0.3, 0.4) is 0 Å². The van der Waals surface area contributed by atoms with Crippen LogP contribution in [0.15, 0.2) is 12.5 Å². The van der Waals surface area contributed by atoms with Gasteiger partial charge < -0.3 is 9.88 Å². The van der Waals surface area contributed by atoms with E-state index in [0.29, 0.717) is 0 Å². The molecule has 1 N–H and O–H groups in total. The van der Waals surface area contributed by atoms with Gasteiger partial charge in [0.15, 0.2) is 5.82 Å². The summed E-state index contributed by atoms with van der Waals surface area (Å²) in [5, 5.41) is 19.2. The number of nitrogens with one attached hydrogen (secondary N) is 1. The first-order valence-electron chi connectivity index (χ1n) is 5.71. The molecule has 92 valence electrons. The zero-order chi connectivity index (χ0) is 12.3. The van der Waals surface area contributed by atoms with Crippen LogP contribution in [-0.2, 0) is 13.6 Å². The molecule has 17 heavy (non-hydrogen) atoms. The van der Waals surface area contributed by atoms with Gasteiger partial charge in [0, 0.05) is 13.6 Å². The molecule has 0 aromatic carbocycles. The molecule has 0 fully saturated rings. The van der Waals surface area contributed by atoms with Crippen LogP contribution < -0.4 is 5.32 Å². The summed E-state index contributed by atoms with van der Waals surface area (Å²) in [6.07, 6.45) is 4.44. The van der Waals surface area contributed by atoms with Crippen molar-refractivity contribution in [1.82, 2.24) is 29.8 Å². The standard InChI is InChI=1S/C10H17N7/c1-4-5-17-9(6-11-15-17)13-8(2)10-14-12-7-16(10)3/h6-8,13H,4-5H2,1-3H3. The van der Waals surface area contributed by atoms with Crippen LogP contribution in [0.4, 0.5) is 5.82 Å². The Morgan fingerprint density at radius 1 is 1.41 bits per heavy atom. The predicted molar refractivity (Wildman–Crippen MR) is 63.4 cm³/mol. The van der Waals surface area contributed by atoms with Gasteiger partial charge in [-0.1, -0.05) is 12.1 Å². The third-order valence-corrected chi connectivity index (χ3v) is 2.55. The number of hydrogen-bond acceptors (Lipinski definition) is 5. The monoisotopic (exact) mass is 235 g/mol. The number of rotatable bonds is 5. The minimum atomic E-state index is 0.0663. The highest BCUT2D eigenvalue weighted by Crippen LogP contribution is 2.15. The Morgan fingerprint density at radius 2 is 2.24 bits per heavy atom. The molecule has 2 heterocycles. The van der Waals surface area contributed by atoms with E-state index >= 15 is 0 Å². The lowest BCUT2D eigenvalue weighted by Gasteiger charge is -2.14. The molecule has 0 aliphatic rings. The number of aryl methyl sites for hydroxylation is 2. The summed E-state index contributed by atoms with van der Waals surface area (Å²) >= 11 is 0. The average Bonchev–Trinajstić information content (AvgIpc) is 2.89. The fourth-order valence-electron chi connectivity index (χ4n) is 1.72. The average molecular weight is 235 g/mol. The van der Waals surface area contributed by atoms with Crippen LogP contribution in [0.5, 0.6) is 0 Å². The van der Waals surface area contributed by atoms with E-state index in [0.717, 1.165) is 24.6 Å². The third-order valence-electron chi connectivity index (χ3n) is 2.55. The summed E-state index contributed by atoms with van der Waals surface area (Å²) in [5.74, 6) is 1.79. The van der Waals surface area contributed by atoms with Crippen molar-refractivity contribution in [3.05, 3.63) is 18.3 Å². The quantitative estimate of drug-likeness (QED) is 0.836. The number of nitrogens with zero attached hydrogens (tertiary/aromatic N) is 6. The Labute approximate surface area is 99.9 Å². The molecule has 2 aromatic heterocycles. The molecule has 0 spiro atoms. The zero-order valence-electron chi connectivity index (χ0n) is 10.3. The minimum absolute atomic E-state index is 0.0663. The van der Waals surface area contributed by atoms with E-state index in [1.54, 1.807) is 12.5 Å². The van der Waals surface area contributed by atoms with Gasteiger partial charge in [-0.25, -0.2) is 4.68 Å². The summed E-state index contributed by atoms with van der Waals surface area (Å²) in [6.45, 7) is 5.00. The molecule has 2 rings (SSSR count). The van der Waals surface area contributed by atoms with Crippen LogP contribution >= 0.6 is 0 Å². The Balaban J connectivity index is 2.10. The lowest BCUT2D eigenvalue weighted by molar-refractivity contribution is 0.577. The van der Waals surface area contributed by atoms with E-state index in [2.05, 4.69) is 32.7 Å². The normalized spacial score (nSPS) is 12.6. The largest absolute Gasteiger partial charge is 0.359 e. The first kappa shape index (κ1) is 11.6. The minimum Gasteiger partial charge on any atom is -0.359 e. The summed E-state index contributed by atoms with van der Waals surface area (Å²) in [4.78, 5) is 0. The Kier molecular flexibility index (Phi) is 3.36. The van der Waals surface area contributed by atoms with E-state index in [1.165, 1.54) is 0 Å². The van der Waals surface area contributed by atoms with Gasteiger partial charge in [-0.15, -0.1) is 15.3 Å². The molecule has 1 unspecified atom stereocenters. The molecule has 0 bridgehead atoms. The topological polar surface area (TPSA) is 73.5 Å². The van der Waals surface area contributed by atoms with Gasteiger partial charge in [0.1, 0.15) is 12.1 Å². The second kappa shape index (κ2) is 4.94. The fourth-order valence-corrected chi connectivity index (χ4v) is 1.72. The molecule has 1 atom stereocenters. The van der Waals surface area contributed by atoms with E-state index in [9.17, 15) is 0 Å². The molecule has 0 aliphatic carbocycles. The van der Waals surface area contributed by atoms with Gasteiger partial charge in [0.2, 0.25) is 0 Å². The summed E-state index contributed by atoms with van der Waals surface area (Å²) in [5.41, 5.74) is 0. The van der Waals surface area contributed by atoms with Crippen molar-refractivity contribution in [2.75, 3.05) is 5.32 Å². The van der Waals surface area contributed by atoms with Crippen LogP contribution in [0, 0.1) is 0 Å². The molecule has 0 radical (unpaired) electrons. The molecule has 0 saturated heterocycles. The SMILES string of the molecule is CCCn1nncc1NC(C)c1nncn1C. The Morgan fingerprint density at radius 3 is 2.88 bits per heavy atom. The van der Waals surface area contributed by atoms with Crippen molar-refractivity contribution in [3.63, 3.8) is 0 Å². The number of anilines is 1. The molecule has 0 aliphatic heterocycles. The molecule has 7 nitrogen and oxygen atoms in total. The van der Waals surface area contributed by atoms with Gasteiger partial charge >= 0.3 is 0 Å². The van der Waals surface area contributed by atoms with Crippen molar-refractivity contribution in [2.24, 2.45) is 7.05 Å². The lowest BCUT2D eigenvalue weighted by atomic mass is 10.3. The molecule has 0 saturated carbocycles. The van der Waals surface area contributed by atoms with Crippen molar-refractivity contribution < 1.29 is 0 Å². The molecular formula is C10H17N7. The van der Waals surface area contributed by atoms with E-state index in [4.69, 9.17) is 0 Å². The van der Waals surface area contributed by atoms with Gasteiger partial charge in [-0.05, 0) is 13.3 Å². The maximum Gasteiger partial charge on any atom is 0.154 e. The maximum absolute atomic E-state index is 4.07. The first-order chi connectivity index (χ1) is 8.22. The molecule has 7 heteroatoms. The van der Waals surface area contributed by atoms with E-state index in [-0.39, 0.29) is 6.04 Å². The second-order valence-electron chi connectivity index (χ2n) is 4.01. The third kappa shape index (κ3) is 2.43. The predicted octanol–water partition coefficient (Wildman–Crippen LogP) is 0.990. The zero-order valence-corrected chi connectivity index (χ0v) is 10.3. The van der Waals surface area contributed by atoms with Gasteiger partial charge in [0.25, 0.3) is 0 Å². The summed E-state index contributed by atoms with van der Waals surface area (Å²) < 4.78 is 3.75. The highest BCUT2D eigenvalue weighted by molar-refractivity contribution is 5.33. The Hall–Kier alpha value is -1.92. The maximum atomic E-state index is 4.07. The summed E-state index contributed by atoms with van der Waals surface area (Å²) in [6, 6.07) is 0.0663. The fraction of sp³-hybridized carbons (Fsp3) is 0.600. The molecule has 0 amide bonds. The van der Waals surface area contributed by atoms with E-state index in [1.807, 2.05) is 23.2 Å². The van der Waals surface area contributed by atoms with Crippen molar-refractivity contribution in [1.29, 1.82) is 0 Å². The van der Waals surface area contributed by atoms with Crippen LogP contribution in [-0.4, -0.2) is 29.8 Å². The van der Waals surface area contributed by atoms with Crippen LogP contribution in [0.2, 0.25) is 0 Å². The summed E-state index contributed by atoms with van der Waals surface area (Å²) in [7, 11) is 1.93. The number of aromatic nitrogens is 6. The van der Waals surface area contributed by atoms with Crippen molar-refractivity contribution >= 4 is 5.82 Å². The highest BCUT2D eigenvalue weighted by Gasteiger charge is 2.13. The van der Waals surface area contributed by atoms with E-state index < -0.39 is 0 Å². The van der Waals surface area contributed by atoms with Crippen LogP contribution in [0.1, 0.15) is 32.1 Å². The van der Waals surface area contributed by atoms with Crippen molar-refractivity contribution in [3.8, 4) is 0 Å². The van der Waals surface area contributed by atoms with Crippen molar-refractivity contribution in [2.45, 2.75) is 32.9 Å². The Bertz CT molecular complexity index is 472. The second-order valence-corrected chi connectivity index (χ2v) is 4.01. The highest BCUT2D eigenvalue weighted by atomic mass is 15.5. The van der Waals surface area contributed by atoms with Crippen LogP contribution in [0.25, 0.3) is 0 Å². The van der Waals surface area contributed by atoms with Gasteiger partial charge in [-0.3, -0.25) is 0 Å². The first-order valence-corrected chi connectivity index (χ1v) is 5.71.